The van der Waals surface area contributed by atoms with Crippen LogP contribution in [0.5, 0.6) is 0 Å². The molecule has 1 aromatic carbocycles. The van der Waals surface area contributed by atoms with Crippen LogP contribution in [0.25, 0.3) is 0 Å². The van der Waals surface area contributed by atoms with E-state index in [0.29, 0.717) is 22.8 Å². The van der Waals surface area contributed by atoms with Gasteiger partial charge in [0.2, 0.25) is 5.91 Å². The van der Waals surface area contributed by atoms with Crippen LogP contribution in [0.1, 0.15) is 39.5 Å². The number of hydrogen-bond donors (Lipinski definition) is 3. The van der Waals surface area contributed by atoms with Gasteiger partial charge >= 0.3 is 0 Å². The molecule has 2 rings (SSSR count). The van der Waals surface area contributed by atoms with Gasteiger partial charge in [-0.2, -0.15) is 0 Å². The number of amides is 1. The molecule has 1 aliphatic heterocycles. The van der Waals surface area contributed by atoms with E-state index in [9.17, 15) is 4.79 Å². The van der Waals surface area contributed by atoms with Crippen LogP contribution < -0.4 is 16.0 Å². The summed E-state index contributed by atoms with van der Waals surface area (Å²) in [5, 5.41) is 10.3. The van der Waals surface area contributed by atoms with Crippen molar-refractivity contribution in [2.24, 2.45) is 0 Å². The van der Waals surface area contributed by atoms with Crippen molar-refractivity contribution in [2.45, 2.75) is 51.6 Å². The fourth-order valence-electron chi connectivity index (χ4n) is 2.79. The Labute approximate surface area is 131 Å². The van der Waals surface area contributed by atoms with Crippen molar-refractivity contribution in [3.05, 3.63) is 23.2 Å². The molecule has 2 atom stereocenters. The number of anilines is 2. The summed E-state index contributed by atoms with van der Waals surface area (Å²) in [7, 11) is 0. The van der Waals surface area contributed by atoms with Crippen LogP contribution in [0.2, 0.25) is 5.02 Å². The second-order valence-electron chi connectivity index (χ2n) is 5.80. The Morgan fingerprint density at radius 3 is 2.90 bits per heavy atom. The molecule has 0 saturated carbocycles. The first kappa shape index (κ1) is 16.1. The van der Waals surface area contributed by atoms with Crippen molar-refractivity contribution >= 4 is 28.9 Å². The monoisotopic (exact) mass is 309 g/mol. The van der Waals surface area contributed by atoms with Gasteiger partial charge in [0.15, 0.2) is 0 Å². The van der Waals surface area contributed by atoms with Gasteiger partial charge in [0.1, 0.15) is 0 Å². The Hall–Kier alpha value is -1.26. The van der Waals surface area contributed by atoms with E-state index in [-0.39, 0.29) is 5.91 Å². The lowest BCUT2D eigenvalue weighted by molar-refractivity contribution is -0.114. The van der Waals surface area contributed by atoms with E-state index in [2.05, 4.69) is 22.9 Å². The molecule has 0 radical (unpaired) electrons. The molecule has 0 spiro atoms. The summed E-state index contributed by atoms with van der Waals surface area (Å²) in [6.07, 6.45) is 4.97. The smallest absolute Gasteiger partial charge is 0.221 e. The van der Waals surface area contributed by atoms with E-state index in [1.807, 2.05) is 18.2 Å². The van der Waals surface area contributed by atoms with Gasteiger partial charge in [-0.15, -0.1) is 0 Å². The molecule has 1 aliphatic rings. The molecule has 4 nitrogen and oxygen atoms in total. The molecule has 0 aromatic heterocycles. The first-order chi connectivity index (χ1) is 10.0. The quantitative estimate of drug-likeness (QED) is 0.778. The SMILES string of the molecule is CC(=O)Nc1ccc(NC(C)CC2CCCCN2)cc1Cl. The summed E-state index contributed by atoms with van der Waals surface area (Å²) in [4.78, 5) is 11.1. The van der Waals surface area contributed by atoms with Crippen molar-refractivity contribution in [3.63, 3.8) is 0 Å². The summed E-state index contributed by atoms with van der Waals surface area (Å²) in [5.41, 5.74) is 1.63. The minimum atomic E-state index is -0.116. The first-order valence-corrected chi connectivity index (χ1v) is 7.99. The number of nitrogens with one attached hydrogen (secondary N) is 3. The van der Waals surface area contributed by atoms with Crippen molar-refractivity contribution in [3.8, 4) is 0 Å². The Bertz CT molecular complexity index is 486. The molecule has 0 aliphatic carbocycles. The first-order valence-electron chi connectivity index (χ1n) is 7.61. The molecular formula is C16H24ClN3O. The zero-order valence-corrected chi connectivity index (χ0v) is 13.5. The van der Waals surface area contributed by atoms with Gasteiger partial charge in [-0.05, 0) is 50.9 Å². The maximum absolute atomic E-state index is 11.1. The van der Waals surface area contributed by atoms with E-state index in [4.69, 9.17) is 11.6 Å². The number of benzene rings is 1. The number of hydrogen-bond acceptors (Lipinski definition) is 3. The molecule has 21 heavy (non-hydrogen) atoms. The lowest BCUT2D eigenvalue weighted by atomic mass is 9.98. The number of carbonyl (C=O) groups excluding carboxylic acids is 1. The highest BCUT2D eigenvalue weighted by Crippen LogP contribution is 2.26. The van der Waals surface area contributed by atoms with E-state index in [1.165, 1.54) is 26.2 Å². The number of carbonyl (C=O) groups is 1. The fraction of sp³-hybridized carbons (Fsp3) is 0.562. The van der Waals surface area contributed by atoms with Crippen LogP contribution in [-0.2, 0) is 4.79 Å². The third kappa shape index (κ3) is 5.21. The van der Waals surface area contributed by atoms with Crippen molar-refractivity contribution in [2.75, 3.05) is 17.2 Å². The molecule has 2 unspecified atom stereocenters. The van der Waals surface area contributed by atoms with Crippen LogP contribution in [0.15, 0.2) is 18.2 Å². The van der Waals surface area contributed by atoms with Crippen LogP contribution in [0.3, 0.4) is 0 Å². The standard InChI is InChI=1S/C16H24ClN3O/c1-11(9-13-5-3-4-8-18-13)19-14-6-7-16(15(17)10-14)20-12(2)21/h6-7,10-11,13,18-19H,3-5,8-9H2,1-2H3,(H,20,21). The lowest BCUT2D eigenvalue weighted by Gasteiger charge is -2.27. The molecule has 1 aromatic rings. The van der Waals surface area contributed by atoms with Crippen LogP contribution in [0, 0.1) is 0 Å². The Morgan fingerprint density at radius 1 is 1.48 bits per heavy atom. The highest BCUT2D eigenvalue weighted by Gasteiger charge is 2.15. The molecule has 0 bridgehead atoms. The van der Waals surface area contributed by atoms with E-state index in [0.717, 1.165) is 18.7 Å². The Morgan fingerprint density at radius 2 is 2.29 bits per heavy atom. The number of halogens is 1. The van der Waals surface area contributed by atoms with Gasteiger partial charge in [-0.1, -0.05) is 18.0 Å². The number of piperidine rings is 1. The van der Waals surface area contributed by atoms with Crippen LogP contribution >= 0.6 is 11.6 Å². The minimum Gasteiger partial charge on any atom is -0.382 e. The van der Waals surface area contributed by atoms with Gasteiger partial charge in [-0.25, -0.2) is 0 Å². The van der Waals surface area contributed by atoms with Gasteiger partial charge in [0, 0.05) is 24.7 Å². The third-order valence-electron chi connectivity index (χ3n) is 3.74. The molecular weight excluding hydrogens is 286 g/mol. The molecule has 1 heterocycles. The minimum absolute atomic E-state index is 0.116. The van der Waals surface area contributed by atoms with E-state index < -0.39 is 0 Å². The fourth-order valence-corrected chi connectivity index (χ4v) is 3.02. The van der Waals surface area contributed by atoms with Gasteiger partial charge in [0.05, 0.1) is 10.7 Å². The van der Waals surface area contributed by atoms with Crippen LogP contribution in [-0.4, -0.2) is 24.5 Å². The van der Waals surface area contributed by atoms with Crippen molar-refractivity contribution < 1.29 is 4.79 Å². The van der Waals surface area contributed by atoms with E-state index >= 15 is 0 Å². The molecule has 1 amide bonds. The zero-order chi connectivity index (χ0) is 15.2. The highest BCUT2D eigenvalue weighted by molar-refractivity contribution is 6.34. The largest absolute Gasteiger partial charge is 0.382 e. The van der Waals surface area contributed by atoms with Gasteiger partial charge < -0.3 is 16.0 Å². The van der Waals surface area contributed by atoms with Crippen molar-refractivity contribution in [1.29, 1.82) is 0 Å². The third-order valence-corrected chi connectivity index (χ3v) is 4.06. The molecule has 1 fully saturated rings. The molecule has 116 valence electrons. The number of rotatable bonds is 5. The average Bonchev–Trinajstić information content (AvgIpc) is 2.42. The summed E-state index contributed by atoms with van der Waals surface area (Å²) in [6, 6.07) is 6.62. The second kappa shape index (κ2) is 7.66. The molecule has 1 saturated heterocycles. The Kier molecular flexibility index (Phi) is 5.88. The maximum atomic E-state index is 11.1. The summed E-state index contributed by atoms with van der Waals surface area (Å²) in [6.45, 7) is 4.79. The Balaban J connectivity index is 1.89. The zero-order valence-electron chi connectivity index (χ0n) is 12.7. The van der Waals surface area contributed by atoms with Crippen LogP contribution in [0.4, 0.5) is 11.4 Å². The predicted molar refractivity (Wildman–Crippen MR) is 89.1 cm³/mol. The molecule has 5 heteroatoms. The van der Waals surface area contributed by atoms with Gasteiger partial charge in [-0.3, -0.25) is 4.79 Å². The summed E-state index contributed by atoms with van der Waals surface area (Å²) < 4.78 is 0. The summed E-state index contributed by atoms with van der Waals surface area (Å²) >= 11 is 6.18. The normalized spacial score (nSPS) is 19.9. The highest BCUT2D eigenvalue weighted by atomic mass is 35.5. The topological polar surface area (TPSA) is 53.2 Å². The molecule has 3 N–H and O–H groups in total. The van der Waals surface area contributed by atoms with E-state index in [1.54, 1.807) is 0 Å². The predicted octanol–water partition coefficient (Wildman–Crippen LogP) is 3.63. The maximum Gasteiger partial charge on any atom is 0.221 e. The average molecular weight is 310 g/mol. The second-order valence-corrected chi connectivity index (χ2v) is 6.21. The van der Waals surface area contributed by atoms with Crippen molar-refractivity contribution in [1.82, 2.24) is 5.32 Å². The summed E-state index contributed by atoms with van der Waals surface area (Å²) in [5.74, 6) is -0.116. The van der Waals surface area contributed by atoms with Gasteiger partial charge in [0.25, 0.3) is 0 Å². The lowest BCUT2D eigenvalue weighted by Crippen LogP contribution is -2.37.